The highest BCUT2D eigenvalue weighted by Gasteiger charge is 2.09. The summed E-state index contributed by atoms with van der Waals surface area (Å²) in [5.41, 5.74) is 4.42. The summed E-state index contributed by atoms with van der Waals surface area (Å²) in [5, 5.41) is 11.1. The molecule has 0 amide bonds. The molecule has 0 saturated carbocycles. The molecule has 0 aliphatic carbocycles. The first-order valence-electron chi connectivity index (χ1n) is 9.35. The van der Waals surface area contributed by atoms with Crippen LogP contribution in [0.3, 0.4) is 0 Å². The number of guanidine groups is 1. The average molecular weight is 501 g/mol. The monoisotopic (exact) mass is 501 g/mol. The topological polar surface area (TPSA) is 72.7 Å². The first-order chi connectivity index (χ1) is 13.0. The van der Waals surface area contributed by atoms with E-state index in [0.29, 0.717) is 18.9 Å². The number of nitrogens with zero attached hydrogens (tertiary/aromatic N) is 3. The first-order valence-corrected chi connectivity index (χ1v) is 9.35. The molecule has 0 bridgehead atoms. The van der Waals surface area contributed by atoms with E-state index >= 15 is 0 Å². The Hall–Kier alpha value is -1.97. The minimum atomic E-state index is 0. The predicted molar refractivity (Wildman–Crippen MR) is 126 cm³/mol. The first kappa shape index (κ1) is 24.1. The summed E-state index contributed by atoms with van der Waals surface area (Å²) in [5.74, 6) is 2.16. The van der Waals surface area contributed by atoms with Gasteiger partial charge in [0, 0.05) is 37.6 Å². The Balaban J connectivity index is 0.00000392. The fourth-order valence-corrected chi connectivity index (χ4v) is 2.92. The van der Waals surface area contributed by atoms with Crippen molar-refractivity contribution >= 4 is 35.6 Å². The standard InChI is InChI=1S/C20H31N5O2.HI/c1-7-21-20(22-12-11-17-14(3)24-25(5)15(17)4)23-16-9-10-18(27-8-2)19(13-16)26-6;/h9-10,13H,7-8,11-12H2,1-6H3,(H2,21,22,23);1H. The van der Waals surface area contributed by atoms with Gasteiger partial charge >= 0.3 is 0 Å². The van der Waals surface area contributed by atoms with E-state index in [1.165, 1.54) is 11.3 Å². The van der Waals surface area contributed by atoms with Crippen molar-refractivity contribution in [2.75, 3.05) is 32.1 Å². The van der Waals surface area contributed by atoms with Crippen LogP contribution in [0.1, 0.15) is 30.8 Å². The highest BCUT2D eigenvalue weighted by Crippen LogP contribution is 2.30. The van der Waals surface area contributed by atoms with Gasteiger partial charge in [0.15, 0.2) is 17.5 Å². The van der Waals surface area contributed by atoms with Gasteiger partial charge in [-0.15, -0.1) is 24.0 Å². The zero-order valence-electron chi connectivity index (χ0n) is 17.6. The fraction of sp³-hybridized carbons (Fsp3) is 0.500. The largest absolute Gasteiger partial charge is 0.493 e. The number of aryl methyl sites for hydroxylation is 2. The second kappa shape index (κ2) is 11.8. The van der Waals surface area contributed by atoms with Crippen molar-refractivity contribution in [3.63, 3.8) is 0 Å². The van der Waals surface area contributed by atoms with E-state index in [1.54, 1.807) is 7.11 Å². The van der Waals surface area contributed by atoms with Crippen LogP contribution in [0.15, 0.2) is 23.2 Å². The van der Waals surface area contributed by atoms with E-state index in [4.69, 9.17) is 14.5 Å². The van der Waals surface area contributed by atoms with Crippen molar-refractivity contribution in [1.82, 2.24) is 15.1 Å². The fourth-order valence-electron chi connectivity index (χ4n) is 2.92. The lowest BCUT2D eigenvalue weighted by atomic mass is 10.1. The molecule has 0 fully saturated rings. The second-order valence-electron chi connectivity index (χ2n) is 6.21. The molecule has 1 aromatic carbocycles. The van der Waals surface area contributed by atoms with Crippen LogP contribution in [0.2, 0.25) is 0 Å². The van der Waals surface area contributed by atoms with E-state index in [0.717, 1.165) is 36.1 Å². The molecule has 2 aromatic rings. The summed E-state index contributed by atoms with van der Waals surface area (Å²) in [6.45, 7) is 10.2. The van der Waals surface area contributed by atoms with Gasteiger partial charge in [-0.05, 0) is 51.8 Å². The van der Waals surface area contributed by atoms with Gasteiger partial charge in [-0.25, -0.2) is 0 Å². The maximum atomic E-state index is 5.57. The van der Waals surface area contributed by atoms with Gasteiger partial charge in [0.25, 0.3) is 0 Å². The predicted octanol–water partition coefficient (Wildman–Crippen LogP) is 3.68. The van der Waals surface area contributed by atoms with Gasteiger partial charge in [-0.2, -0.15) is 5.10 Å². The Morgan fingerprint density at radius 2 is 1.96 bits per heavy atom. The number of benzene rings is 1. The molecule has 1 heterocycles. The van der Waals surface area contributed by atoms with Crippen LogP contribution in [0.4, 0.5) is 5.69 Å². The summed E-state index contributed by atoms with van der Waals surface area (Å²) in [6, 6.07) is 5.76. The van der Waals surface area contributed by atoms with Gasteiger partial charge in [0.2, 0.25) is 0 Å². The van der Waals surface area contributed by atoms with Crippen LogP contribution >= 0.6 is 24.0 Å². The molecule has 0 radical (unpaired) electrons. The molecule has 0 aliphatic rings. The van der Waals surface area contributed by atoms with Crippen LogP contribution < -0.4 is 20.1 Å². The summed E-state index contributed by atoms with van der Waals surface area (Å²) >= 11 is 0. The third-order valence-corrected chi connectivity index (χ3v) is 4.36. The molecular formula is C20H32IN5O2. The number of ether oxygens (including phenoxy) is 2. The maximum absolute atomic E-state index is 5.57. The van der Waals surface area contributed by atoms with Crippen molar-refractivity contribution in [2.24, 2.45) is 12.0 Å². The molecule has 2 rings (SSSR count). The number of rotatable bonds is 8. The minimum Gasteiger partial charge on any atom is -0.493 e. The van der Waals surface area contributed by atoms with E-state index in [2.05, 4.69) is 22.7 Å². The number of methoxy groups -OCH3 is 1. The molecule has 7 nitrogen and oxygen atoms in total. The highest BCUT2D eigenvalue weighted by atomic mass is 127. The van der Waals surface area contributed by atoms with Crippen LogP contribution in [0.25, 0.3) is 0 Å². The minimum absolute atomic E-state index is 0. The van der Waals surface area contributed by atoms with E-state index in [9.17, 15) is 0 Å². The van der Waals surface area contributed by atoms with E-state index in [-0.39, 0.29) is 24.0 Å². The summed E-state index contributed by atoms with van der Waals surface area (Å²) in [7, 11) is 3.61. The van der Waals surface area contributed by atoms with Crippen LogP contribution in [-0.2, 0) is 13.5 Å². The van der Waals surface area contributed by atoms with Crippen LogP contribution in [0, 0.1) is 13.8 Å². The second-order valence-corrected chi connectivity index (χ2v) is 6.21. The van der Waals surface area contributed by atoms with Crippen molar-refractivity contribution < 1.29 is 9.47 Å². The zero-order valence-corrected chi connectivity index (χ0v) is 20.0. The SMILES string of the molecule is CCNC(=NCCc1c(C)nn(C)c1C)Nc1ccc(OCC)c(OC)c1.I. The molecule has 0 spiro atoms. The molecule has 1 aromatic heterocycles. The van der Waals surface area contributed by atoms with Crippen molar-refractivity contribution in [3.05, 3.63) is 35.2 Å². The average Bonchev–Trinajstić information content (AvgIpc) is 2.89. The van der Waals surface area contributed by atoms with Crippen LogP contribution in [0.5, 0.6) is 11.5 Å². The molecule has 0 atom stereocenters. The van der Waals surface area contributed by atoms with Gasteiger partial charge in [-0.3, -0.25) is 9.67 Å². The lowest BCUT2D eigenvalue weighted by molar-refractivity contribution is 0.311. The maximum Gasteiger partial charge on any atom is 0.195 e. The van der Waals surface area contributed by atoms with Gasteiger partial charge in [0.05, 0.1) is 19.4 Å². The van der Waals surface area contributed by atoms with Gasteiger partial charge in [-0.1, -0.05) is 0 Å². The molecule has 0 unspecified atom stereocenters. The quantitative estimate of drug-likeness (QED) is 0.328. The van der Waals surface area contributed by atoms with E-state index < -0.39 is 0 Å². The normalized spacial score (nSPS) is 11.0. The summed E-state index contributed by atoms with van der Waals surface area (Å²) in [6.07, 6.45) is 0.856. The van der Waals surface area contributed by atoms with Gasteiger partial charge < -0.3 is 20.1 Å². The number of halogens is 1. The Labute approximate surface area is 184 Å². The number of nitrogens with one attached hydrogen (secondary N) is 2. The third kappa shape index (κ3) is 6.29. The molecule has 28 heavy (non-hydrogen) atoms. The Morgan fingerprint density at radius 1 is 1.21 bits per heavy atom. The summed E-state index contributed by atoms with van der Waals surface area (Å²) in [4.78, 5) is 4.70. The molecule has 156 valence electrons. The Bertz CT molecular complexity index is 789. The highest BCUT2D eigenvalue weighted by molar-refractivity contribution is 14.0. The molecular weight excluding hydrogens is 469 g/mol. The Morgan fingerprint density at radius 3 is 2.54 bits per heavy atom. The molecule has 8 heteroatoms. The zero-order chi connectivity index (χ0) is 19.8. The number of anilines is 1. The van der Waals surface area contributed by atoms with Crippen molar-refractivity contribution in [3.8, 4) is 11.5 Å². The number of aromatic nitrogens is 2. The molecule has 2 N–H and O–H groups in total. The third-order valence-electron chi connectivity index (χ3n) is 4.36. The lowest BCUT2D eigenvalue weighted by Gasteiger charge is -2.14. The Kier molecular flexibility index (Phi) is 10.1. The number of hydrogen-bond acceptors (Lipinski definition) is 4. The smallest absolute Gasteiger partial charge is 0.195 e. The lowest BCUT2D eigenvalue weighted by Crippen LogP contribution is -2.31. The van der Waals surface area contributed by atoms with Crippen molar-refractivity contribution in [1.29, 1.82) is 0 Å². The molecule has 0 aliphatic heterocycles. The van der Waals surface area contributed by atoms with Crippen LogP contribution in [-0.4, -0.2) is 42.5 Å². The van der Waals surface area contributed by atoms with Gasteiger partial charge in [0.1, 0.15) is 0 Å². The van der Waals surface area contributed by atoms with E-state index in [1.807, 2.05) is 50.7 Å². The summed E-state index contributed by atoms with van der Waals surface area (Å²) < 4.78 is 12.9. The van der Waals surface area contributed by atoms with Crippen molar-refractivity contribution in [2.45, 2.75) is 34.1 Å². The number of aliphatic imine (C=N–C) groups is 1. The number of hydrogen-bond donors (Lipinski definition) is 2. The molecule has 0 saturated heterocycles.